The van der Waals surface area contributed by atoms with Crippen LogP contribution in [-0.4, -0.2) is 4.57 Å². The highest BCUT2D eigenvalue weighted by atomic mass is 15.1. The number of aromatic nitrogens is 1. The zero-order valence-electron chi connectivity index (χ0n) is 39.8. The summed E-state index contributed by atoms with van der Waals surface area (Å²) in [5.74, 6) is 0. The summed E-state index contributed by atoms with van der Waals surface area (Å²) in [6.07, 6.45) is 0. The van der Waals surface area contributed by atoms with Gasteiger partial charge in [0, 0.05) is 38.9 Å². The predicted octanol–water partition coefficient (Wildman–Crippen LogP) is 18.9. The monoisotopic (exact) mass is 906 g/mol. The largest absolute Gasteiger partial charge is 0.310 e. The van der Waals surface area contributed by atoms with Gasteiger partial charge in [-0.3, -0.25) is 0 Å². The number of hydrogen-bond donors (Lipinski definition) is 0. The molecule has 336 valence electrons. The Morgan fingerprint density at radius 1 is 0.282 bits per heavy atom. The summed E-state index contributed by atoms with van der Waals surface area (Å²) in [6.45, 7) is 4.76. The summed E-state index contributed by atoms with van der Waals surface area (Å²) >= 11 is 0. The van der Waals surface area contributed by atoms with E-state index in [1.165, 1.54) is 99.7 Å². The van der Waals surface area contributed by atoms with E-state index in [4.69, 9.17) is 0 Å². The van der Waals surface area contributed by atoms with Crippen LogP contribution >= 0.6 is 0 Å². The second-order valence-corrected chi connectivity index (χ2v) is 19.4. The van der Waals surface area contributed by atoms with E-state index in [0.717, 1.165) is 22.7 Å². The van der Waals surface area contributed by atoms with Crippen LogP contribution in [0.15, 0.2) is 267 Å². The summed E-state index contributed by atoms with van der Waals surface area (Å²) in [6, 6.07) is 97.8. The van der Waals surface area contributed by atoms with E-state index in [9.17, 15) is 0 Å². The van der Waals surface area contributed by atoms with Gasteiger partial charge in [-0.2, -0.15) is 0 Å². The minimum atomic E-state index is -0.201. The van der Waals surface area contributed by atoms with Crippen molar-refractivity contribution < 1.29 is 0 Å². The molecule has 1 aromatic heterocycles. The molecular formula is C69H50N2. The van der Waals surface area contributed by atoms with Crippen molar-refractivity contribution >= 4 is 38.9 Å². The zero-order chi connectivity index (χ0) is 47.5. The van der Waals surface area contributed by atoms with Gasteiger partial charge in [-0.05, 0) is 169 Å². The van der Waals surface area contributed by atoms with Crippen molar-refractivity contribution in [3.8, 4) is 72.4 Å². The van der Waals surface area contributed by atoms with Gasteiger partial charge in [0.25, 0.3) is 0 Å². The fraction of sp³-hybridized carbons (Fsp3) is 0.0435. The second-order valence-electron chi connectivity index (χ2n) is 19.4. The molecule has 1 heterocycles. The SMILES string of the molecule is CC1(C)c2cc(-c3ccccc3)ccc2-c2ccc(N(c3ccc(-c4cc(-c5ccccc5)cc(-c5ccccc5)c4)cc3)c3ccc(-c4ccc5c(c4)c4ccccc4n5-c4ccccc4)cc3)cc21. The molecule has 0 amide bonds. The van der Waals surface area contributed by atoms with Crippen molar-refractivity contribution in [2.24, 2.45) is 0 Å². The maximum absolute atomic E-state index is 2.44. The molecule has 2 heteroatoms. The first-order valence-electron chi connectivity index (χ1n) is 24.7. The fourth-order valence-corrected chi connectivity index (χ4v) is 11.1. The standard InChI is InChI=1S/C69H50N2/c1-69(2)65-45-53(47-17-7-3-8-18-47)31-38-61(65)62-39-37-60(46-66(62)69)70(59-35-29-51(30-36-59)56-42-54(48-19-9-4-10-20-48)41-55(43-56)49-21-11-5-12-22-49)58-33-27-50(28-34-58)52-32-40-68-64(44-52)63-25-15-16-26-67(63)71(68)57-23-13-6-14-24-57/h3-46H,1-2H3. The first-order valence-corrected chi connectivity index (χ1v) is 24.7. The number of fused-ring (bicyclic) bond motifs is 6. The third-order valence-corrected chi connectivity index (χ3v) is 14.8. The molecule has 0 aliphatic heterocycles. The zero-order valence-corrected chi connectivity index (χ0v) is 39.8. The van der Waals surface area contributed by atoms with Crippen LogP contribution in [0.4, 0.5) is 17.1 Å². The number of para-hydroxylation sites is 2. The molecule has 0 spiro atoms. The summed E-state index contributed by atoms with van der Waals surface area (Å²) in [5, 5.41) is 2.50. The summed E-state index contributed by atoms with van der Waals surface area (Å²) in [5.41, 5.74) is 24.0. The normalized spacial score (nSPS) is 12.5. The molecule has 13 rings (SSSR count). The van der Waals surface area contributed by atoms with Gasteiger partial charge in [-0.15, -0.1) is 0 Å². The van der Waals surface area contributed by atoms with Gasteiger partial charge in [0.05, 0.1) is 11.0 Å². The molecule has 11 aromatic carbocycles. The third-order valence-electron chi connectivity index (χ3n) is 14.8. The number of hydrogen-bond acceptors (Lipinski definition) is 1. The minimum absolute atomic E-state index is 0.201. The number of benzene rings is 11. The lowest BCUT2D eigenvalue weighted by Gasteiger charge is -2.28. The van der Waals surface area contributed by atoms with Crippen molar-refractivity contribution in [1.29, 1.82) is 0 Å². The Kier molecular flexibility index (Phi) is 10.2. The van der Waals surface area contributed by atoms with Crippen LogP contribution in [-0.2, 0) is 5.41 Å². The average molecular weight is 907 g/mol. The highest BCUT2D eigenvalue weighted by Crippen LogP contribution is 2.52. The third kappa shape index (κ3) is 7.44. The molecule has 1 aliphatic rings. The summed E-state index contributed by atoms with van der Waals surface area (Å²) in [7, 11) is 0. The molecule has 71 heavy (non-hydrogen) atoms. The lowest BCUT2D eigenvalue weighted by Crippen LogP contribution is -2.16. The van der Waals surface area contributed by atoms with Crippen LogP contribution in [0.3, 0.4) is 0 Å². The molecular weight excluding hydrogens is 857 g/mol. The minimum Gasteiger partial charge on any atom is -0.310 e. The van der Waals surface area contributed by atoms with Gasteiger partial charge in [-0.25, -0.2) is 0 Å². The van der Waals surface area contributed by atoms with Gasteiger partial charge in [0.1, 0.15) is 0 Å². The van der Waals surface area contributed by atoms with Crippen LogP contribution in [0.1, 0.15) is 25.0 Å². The fourth-order valence-electron chi connectivity index (χ4n) is 11.1. The van der Waals surface area contributed by atoms with Crippen LogP contribution in [0, 0.1) is 0 Å². The molecule has 0 atom stereocenters. The van der Waals surface area contributed by atoms with E-state index in [-0.39, 0.29) is 5.41 Å². The molecule has 0 bridgehead atoms. The van der Waals surface area contributed by atoms with Crippen molar-refractivity contribution in [1.82, 2.24) is 4.57 Å². The average Bonchev–Trinajstić information content (AvgIpc) is 3.89. The lowest BCUT2D eigenvalue weighted by atomic mass is 9.81. The predicted molar refractivity (Wildman–Crippen MR) is 300 cm³/mol. The Labute approximate surface area is 416 Å². The van der Waals surface area contributed by atoms with Gasteiger partial charge >= 0.3 is 0 Å². The van der Waals surface area contributed by atoms with Crippen LogP contribution in [0.2, 0.25) is 0 Å². The molecule has 0 radical (unpaired) electrons. The molecule has 1 aliphatic carbocycles. The summed E-state index contributed by atoms with van der Waals surface area (Å²) < 4.78 is 2.38. The quantitative estimate of drug-likeness (QED) is 0.140. The Bertz CT molecular complexity index is 3850. The smallest absolute Gasteiger partial charge is 0.0541 e. The number of anilines is 3. The topological polar surface area (TPSA) is 8.17 Å². The van der Waals surface area contributed by atoms with E-state index in [1.807, 2.05) is 0 Å². The molecule has 0 saturated heterocycles. The maximum atomic E-state index is 2.44. The van der Waals surface area contributed by atoms with Crippen molar-refractivity contribution in [2.75, 3.05) is 4.90 Å². The molecule has 0 N–H and O–H groups in total. The van der Waals surface area contributed by atoms with E-state index < -0.39 is 0 Å². The Morgan fingerprint density at radius 3 is 1.25 bits per heavy atom. The second kappa shape index (κ2) is 17.2. The first-order chi connectivity index (χ1) is 34.9. The van der Waals surface area contributed by atoms with Gasteiger partial charge in [0.2, 0.25) is 0 Å². The summed E-state index contributed by atoms with van der Waals surface area (Å²) in [4.78, 5) is 2.43. The molecule has 0 unspecified atom stereocenters. The molecule has 0 saturated carbocycles. The number of nitrogens with zero attached hydrogens (tertiary/aromatic N) is 2. The molecule has 2 nitrogen and oxygen atoms in total. The Morgan fingerprint density at radius 2 is 0.676 bits per heavy atom. The Hall–Kier alpha value is -8.98. The molecule has 12 aromatic rings. The van der Waals surface area contributed by atoms with Gasteiger partial charge in [0.15, 0.2) is 0 Å². The van der Waals surface area contributed by atoms with Crippen molar-refractivity contribution in [3.05, 3.63) is 278 Å². The van der Waals surface area contributed by atoms with E-state index in [1.54, 1.807) is 0 Å². The van der Waals surface area contributed by atoms with Crippen LogP contribution in [0.25, 0.3) is 94.3 Å². The van der Waals surface area contributed by atoms with Crippen LogP contribution in [0.5, 0.6) is 0 Å². The Balaban J connectivity index is 0.910. The van der Waals surface area contributed by atoms with Crippen LogP contribution < -0.4 is 4.90 Å². The van der Waals surface area contributed by atoms with Crippen molar-refractivity contribution in [2.45, 2.75) is 19.3 Å². The van der Waals surface area contributed by atoms with Crippen molar-refractivity contribution in [3.63, 3.8) is 0 Å². The van der Waals surface area contributed by atoms with Gasteiger partial charge in [-0.1, -0.05) is 190 Å². The van der Waals surface area contributed by atoms with E-state index >= 15 is 0 Å². The maximum Gasteiger partial charge on any atom is 0.0541 e. The van der Waals surface area contributed by atoms with E-state index in [2.05, 4.69) is 290 Å². The van der Waals surface area contributed by atoms with E-state index in [0.29, 0.717) is 0 Å². The first kappa shape index (κ1) is 42.1. The lowest BCUT2D eigenvalue weighted by molar-refractivity contribution is 0.660. The van der Waals surface area contributed by atoms with Gasteiger partial charge < -0.3 is 9.47 Å². The highest BCUT2D eigenvalue weighted by Gasteiger charge is 2.36. The molecule has 0 fully saturated rings. The highest BCUT2D eigenvalue weighted by molar-refractivity contribution is 6.10. The number of rotatable bonds is 9.